The fourth-order valence-corrected chi connectivity index (χ4v) is 3.18. The normalized spacial score (nSPS) is 24.0. The summed E-state index contributed by atoms with van der Waals surface area (Å²) >= 11 is 0. The predicted molar refractivity (Wildman–Crippen MR) is 44.6 cm³/mol. The maximum Gasteiger partial charge on any atom is 0.00209 e. The zero-order valence-corrected chi connectivity index (χ0v) is 7.46. The summed E-state index contributed by atoms with van der Waals surface area (Å²) in [6.07, 6.45) is 1.44. The van der Waals surface area contributed by atoms with E-state index in [1.54, 1.807) is 0 Å². The summed E-state index contributed by atoms with van der Waals surface area (Å²) in [5.41, 5.74) is 0.662. The summed E-state index contributed by atoms with van der Waals surface area (Å²) in [5.74, 6) is 0. The molecule has 1 aliphatic heterocycles. The van der Waals surface area contributed by atoms with Crippen LogP contribution >= 0.6 is 7.92 Å². The van der Waals surface area contributed by atoms with Gasteiger partial charge in [-0.2, -0.15) is 0 Å². The van der Waals surface area contributed by atoms with Gasteiger partial charge in [-0.1, -0.05) is 6.92 Å². The van der Waals surface area contributed by atoms with Gasteiger partial charge >= 0.3 is 0 Å². The molecule has 1 N–H and O–H groups in total. The van der Waals surface area contributed by atoms with E-state index in [2.05, 4.69) is 25.6 Å². The second-order valence-corrected chi connectivity index (χ2v) is 6.13. The number of rotatable bonds is 2. The third kappa shape index (κ3) is 1.91. The van der Waals surface area contributed by atoms with Gasteiger partial charge in [0.1, 0.15) is 0 Å². The zero-order valence-electron chi connectivity index (χ0n) is 6.57. The lowest BCUT2D eigenvalue weighted by atomic mass is 9.87. The first-order valence-electron chi connectivity index (χ1n) is 3.48. The van der Waals surface area contributed by atoms with Crippen molar-refractivity contribution in [2.45, 2.75) is 6.92 Å². The van der Waals surface area contributed by atoms with Crippen molar-refractivity contribution < 1.29 is 0 Å². The molecule has 0 aromatic rings. The topological polar surface area (TPSA) is 12.0 Å². The van der Waals surface area contributed by atoms with E-state index in [4.69, 9.17) is 0 Å². The van der Waals surface area contributed by atoms with E-state index in [1.165, 1.54) is 19.3 Å². The molecule has 1 rings (SSSR count). The average molecular weight is 145 g/mol. The van der Waals surface area contributed by atoms with Gasteiger partial charge < -0.3 is 5.32 Å². The highest BCUT2D eigenvalue weighted by Crippen LogP contribution is 2.36. The first kappa shape index (κ1) is 7.50. The second kappa shape index (κ2) is 2.56. The molecule has 0 radical (unpaired) electrons. The molecule has 1 fully saturated rings. The van der Waals surface area contributed by atoms with Gasteiger partial charge in [0.2, 0.25) is 0 Å². The molecule has 2 heteroatoms. The van der Waals surface area contributed by atoms with Gasteiger partial charge in [-0.3, -0.25) is 0 Å². The largest absolute Gasteiger partial charge is 0.316 e. The summed E-state index contributed by atoms with van der Waals surface area (Å²) in [6, 6.07) is 0. The summed E-state index contributed by atoms with van der Waals surface area (Å²) in [4.78, 5) is 0. The van der Waals surface area contributed by atoms with Crippen molar-refractivity contribution >= 4 is 7.92 Å². The molecule has 0 aliphatic carbocycles. The minimum Gasteiger partial charge on any atom is -0.316 e. The standard InChI is InChI=1S/C7H16NP/c1-7(4-8-5-7)6-9(2)3/h8H,4-6H2,1-3H3. The molecule has 0 aromatic heterocycles. The van der Waals surface area contributed by atoms with Crippen LogP contribution in [0.25, 0.3) is 0 Å². The van der Waals surface area contributed by atoms with Gasteiger partial charge in [0.05, 0.1) is 0 Å². The van der Waals surface area contributed by atoms with Gasteiger partial charge in [0, 0.05) is 13.1 Å². The van der Waals surface area contributed by atoms with E-state index in [1.807, 2.05) is 0 Å². The highest BCUT2D eigenvalue weighted by atomic mass is 31.1. The van der Waals surface area contributed by atoms with Crippen molar-refractivity contribution in [2.75, 3.05) is 32.6 Å². The van der Waals surface area contributed by atoms with Crippen molar-refractivity contribution in [1.82, 2.24) is 5.32 Å². The highest BCUT2D eigenvalue weighted by molar-refractivity contribution is 7.56. The van der Waals surface area contributed by atoms with Gasteiger partial charge in [0.25, 0.3) is 0 Å². The van der Waals surface area contributed by atoms with E-state index in [9.17, 15) is 0 Å². The van der Waals surface area contributed by atoms with Crippen LogP contribution in [0.15, 0.2) is 0 Å². The quantitative estimate of drug-likeness (QED) is 0.578. The summed E-state index contributed by atoms with van der Waals surface area (Å²) in [5, 5.41) is 3.32. The summed E-state index contributed by atoms with van der Waals surface area (Å²) < 4.78 is 0. The Kier molecular flexibility index (Phi) is 2.13. The lowest BCUT2D eigenvalue weighted by Gasteiger charge is -2.40. The van der Waals surface area contributed by atoms with E-state index in [0.717, 1.165) is 0 Å². The van der Waals surface area contributed by atoms with Gasteiger partial charge in [0.15, 0.2) is 0 Å². The fraction of sp³-hybridized carbons (Fsp3) is 1.00. The van der Waals surface area contributed by atoms with Crippen molar-refractivity contribution in [3.8, 4) is 0 Å². The van der Waals surface area contributed by atoms with Crippen LogP contribution in [0.1, 0.15) is 6.92 Å². The predicted octanol–water partition coefficient (Wildman–Crippen LogP) is 1.34. The van der Waals surface area contributed by atoms with E-state index >= 15 is 0 Å². The van der Waals surface area contributed by atoms with Crippen LogP contribution in [0.3, 0.4) is 0 Å². The van der Waals surface area contributed by atoms with Crippen molar-refractivity contribution in [1.29, 1.82) is 0 Å². The molecule has 9 heavy (non-hydrogen) atoms. The van der Waals surface area contributed by atoms with Gasteiger partial charge in [-0.25, -0.2) is 0 Å². The molecular weight excluding hydrogens is 129 g/mol. The molecule has 0 aromatic carbocycles. The molecule has 0 amide bonds. The van der Waals surface area contributed by atoms with Crippen molar-refractivity contribution in [2.24, 2.45) is 5.41 Å². The fourth-order valence-electron chi connectivity index (χ4n) is 1.43. The van der Waals surface area contributed by atoms with Gasteiger partial charge in [-0.05, 0) is 24.9 Å². The van der Waals surface area contributed by atoms with E-state index in [-0.39, 0.29) is 0 Å². The van der Waals surface area contributed by atoms with Crippen LogP contribution in [0.4, 0.5) is 0 Å². The Morgan fingerprint density at radius 3 is 2.11 bits per heavy atom. The third-order valence-electron chi connectivity index (χ3n) is 1.80. The van der Waals surface area contributed by atoms with Crippen LogP contribution in [0, 0.1) is 5.41 Å². The lowest BCUT2D eigenvalue weighted by Crippen LogP contribution is -2.53. The number of hydrogen-bond acceptors (Lipinski definition) is 1. The van der Waals surface area contributed by atoms with Crippen LogP contribution < -0.4 is 5.32 Å². The van der Waals surface area contributed by atoms with Crippen LogP contribution in [0.2, 0.25) is 0 Å². The zero-order chi connectivity index (χ0) is 6.91. The molecule has 1 aliphatic rings. The Labute approximate surface area is 59.0 Å². The molecule has 1 nitrogen and oxygen atoms in total. The average Bonchev–Trinajstić information content (AvgIpc) is 1.60. The molecule has 0 bridgehead atoms. The molecule has 0 spiro atoms. The van der Waals surface area contributed by atoms with Crippen molar-refractivity contribution in [3.05, 3.63) is 0 Å². The lowest BCUT2D eigenvalue weighted by molar-refractivity contribution is 0.231. The minimum absolute atomic E-state index is 0.317. The first-order chi connectivity index (χ1) is 4.12. The Hall–Kier alpha value is 0.390. The second-order valence-electron chi connectivity index (χ2n) is 3.65. The van der Waals surface area contributed by atoms with Gasteiger partial charge in [-0.15, -0.1) is 7.92 Å². The Morgan fingerprint density at radius 2 is 2.00 bits per heavy atom. The number of nitrogens with one attached hydrogen (secondary N) is 1. The Bertz CT molecular complexity index is 97.1. The Balaban J connectivity index is 2.24. The molecule has 0 unspecified atom stereocenters. The molecule has 1 heterocycles. The SMILES string of the molecule is CP(C)CC1(C)CNC1. The molecular formula is C7H16NP. The molecule has 1 saturated heterocycles. The molecule has 0 saturated carbocycles. The van der Waals surface area contributed by atoms with Crippen molar-refractivity contribution in [3.63, 3.8) is 0 Å². The van der Waals surface area contributed by atoms with E-state index < -0.39 is 0 Å². The maximum atomic E-state index is 3.32. The summed E-state index contributed by atoms with van der Waals surface area (Å²) in [6.45, 7) is 9.59. The van der Waals surface area contributed by atoms with Crippen LogP contribution in [-0.2, 0) is 0 Å². The monoisotopic (exact) mass is 145 g/mol. The molecule has 54 valence electrons. The minimum atomic E-state index is 0.317. The van der Waals surface area contributed by atoms with Crippen LogP contribution in [0.5, 0.6) is 0 Å². The van der Waals surface area contributed by atoms with Crippen LogP contribution in [-0.4, -0.2) is 32.6 Å². The molecule has 0 atom stereocenters. The first-order valence-corrected chi connectivity index (χ1v) is 5.90. The number of hydrogen-bond donors (Lipinski definition) is 1. The summed E-state index contributed by atoms with van der Waals surface area (Å²) in [7, 11) is 0.317. The smallest absolute Gasteiger partial charge is 0.00209 e. The third-order valence-corrected chi connectivity index (χ3v) is 3.20. The Morgan fingerprint density at radius 1 is 1.44 bits per heavy atom. The van der Waals surface area contributed by atoms with E-state index in [0.29, 0.717) is 13.3 Å². The maximum absolute atomic E-state index is 3.32. The highest BCUT2D eigenvalue weighted by Gasteiger charge is 2.31.